The van der Waals surface area contributed by atoms with Gasteiger partial charge in [0.05, 0.1) is 10.9 Å². The summed E-state index contributed by atoms with van der Waals surface area (Å²) < 4.78 is 42.1. The van der Waals surface area contributed by atoms with Gasteiger partial charge in [0, 0.05) is 6.61 Å². The third-order valence-corrected chi connectivity index (χ3v) is 7.00. The molecule has 4 nitrogen and oxygen atoms in total. The fraction of sp³-hybridized carbons (Fsp3) is 1.00. The van der Waals surface area contributed by atoms with E-state index in [-0.39, 0.29) is 0 Å². The van der Waals surface area contributed by atoms with Crippen LogP contribution in [-0.4, -0.2) is 30.4 Å². The highest BCUT2D eigenvalue weighted by atomic mass is 32.2. The smallest absolute Gasteiger partial charge is 0.100 e. The highest BCUT2D eigenvalue weighted by Gasteiger charge is 2.43. The lowest BCUT2D eigenvalue weighted by Gasteiger charge is -2.44. The maximum atomic E-state index is 12.0. The van der Waals surface area contributed by atoms with E-state index in [0.29, 0.717) is 13.0 Å². The van der Waals surface area contributed by atoms with E-state index >= 15 is 0 Å². The molecular formula is C18H33O4S-. The lowest BCUT2D eigenvalue weighted by Crippen LogP contribution is -2.50. The van der Waals surface area contributed by atoms with Crippen molar-refractivity contribution in [2.24, 2.45) is 0 Å². The topological polar surface area (TPSA) is 66.4 Å². The molecule has 1 unspecified atom stereocenters. The summed E-state index contributed by atoms with van der Waals surface area (Å²) in [7, 11) is -4.31. The van der Waals surface area contributed by atoms with Crippen molar-refractivity contribution in [1.82, 2.24) is 0 Å². The van der Waals surface area contributed by atoms with E-state index < -0.39 is 21.0 Å². The highest BCUT2D eigenvalue weighted by molar-refractivity contribution is 7.86. The van der Waals surface area contributed by atoms with Gasteiger partial charge in [0.15, 0.2) is 0 Å². The summed E-state index contributed by atoms with van der Waals surface area (Å²) in [5, 5.41) is -0.849. The van der Waals surface area contributed by atoms with Gasteiger partial charge in [0.2, 0.25) is 0 Å². The number of hydrogen-bond donors (Lipinski definition) is 0. The molecule has 1 aliphatic carbocycles. The van der Waals surface area contributed by atoms with Gasteiger partial charge in [0.1, 0.15) is 10.1 Å². The summed E-state index contributed by atoms with van der Waals surface area (Å²) in [6.07, 6.45) is 15.2. The monoisotopic (exact) mass is 345 g/mol. The Kier molecular flexibility index (Phi) is 7.83. The van der Waals surface area contributed by atoms with Crippen LogP contribution in [0.2, 0.25) is 0 Å². The quantitative estimate of drug-likeness (QED) is 0.655. The maximum absolute atomic E-state index is 12.0. The van der Waals surface area contributed by atoms with E-state index in [2.05, 4.69) is 0 Å². The van der Waals surface area contributed by atoms with Crippen molar-refractivity contribution in [1.29, 1.82) is 0 Å². The van der Waals surface area contributed by atoms with Crippen LogP contribution >= 0.6 is 0 Å². The van der Waals surface area contributed by atoms with E-state index in [1.165, 1.54) is 25.7 Å². The lowest BCUT2D eigenvalue weighted by molar-refractivity contribution is -0.0765. The van der Waals surface area contributed by atoms with Crippen LogP contribution in [0, 0.1) is 0 Å². The van der Waals surface area contributed by atoms with Gasteiger partial charge in [0.25, 0.3) is 0 Å². The minimum absolute atomic E-state index is 0.478. The van der Waals surface area contributed by atoms with Crippen LogP contribution in [-0.2, 0) is 14.9 Å². The molecular weight excluding hydrogens is 312 g/mol. The standard InChI is InChI=1S/C18H34O4S/c19-23(20,21)17-13-9-6-4-2-1-3-5-7-12-16-22-18(17)14-10-8-11-15-18/h17H,1-16H2,(H,19,20,21)/p-1. The minimum atomic E-state index is -4.31. The summed E-state index contributed by atoms with van der Waals surface area (Å²) in [5.41, 5.74) is -0.705. The first-order valence-corrected chi connectivity index (χ1v) is 11.1. The van der Waals surface area contributed by atoms with Gasteiger partial charge in [-0.05, 0) is 25.7 Å². The van der Waals surface area contributed by atoms with E-state index in [1.807, 2.05) is 0 Å². The van der Waals surface area contributed by atoms with Crippen molar-refractivity contribution in [3.8, 4) is 0 Å². The maximum Gasteiger partial charge on any atom is 0.100 e. The molecule has 136 valence electrons. The molecule has 2 aliphatic rings. The molecule has 0 bridgehead atoms. The summed E-state index contributed by atoms with van der Waals surface area (Å²) in [6, 6.07) is 0. The molecule has 1 spiro atoms. The van der Waals surface area contributed by atoms with Crippen LogP contribution in [0.4, 0.5) is 0 Å². The van der Waals surface area contributed by atoms with Crippen LogP contribution in [0.15, 0.2) is 0 Å². The fourth-order valence-electron chi connectivity index (χ4n) is 4.32. The predicted octanol–water partition coefficient (Wildman–Crippen LogP) is 4.53. The second-order valence-corrected chi connectivity index (χ2v) is 8.98. The van der Waals surface area contributed by atoms with Gasteiger partial charge in [-0.1, -0.05) is 70.6 Å². The zero-order valence-electron chi connectivity index (χ0n) is 14.4. The Labute approximate surface area is 142 Å². The molecule has 0 aromatic heterocycles. The largest absolute Gasteiger partial charge is 0.748 e. The Balaban J connectivity index is 2.11. The van der Waals surface area contributed by atoms with Gasteiger partial charge in [-0.25, -0.2) is 8.42 Å². The summed E-state index contributed by atoms with van der Waals surface area (Å²) in [5.74, 6) is 0. The molecule has 0 N–H and O–H groups in total. The minimum Gasteiger partial charge on any atom is -0.748 e. The van der Waals surface area contributed by atoms with Crippen LogP contribution in [0.5, 0.6) is 0 Å². The van der Waals surface area contributed by atoms with Crippen LogP contribution < -0.4 is 0 Å². The first kappa shape index (κ1) is 19.2. The van der Waals surface area contributed by atoms with Gasteiger partial charge in [-0.15, -0.1) is 0 Å². The summed E-state index contributed by atoms with van der Waals surface area (Å²) in [4.78, 5) is 0. The molecule has 0 radical (unpaired) electrons. The Morgan fingerprint density at radius 3 is 1.78 bits per heavy atom. The van der Waals surface area contributed by atoms with Crippen LogP contribution in [0.3, 0.4) is 0 Å². The van der Waals surface area contributed by atoms with Crippen LogP contribution in [0.25, 0.3) is 0 Å². The second-order valence-electron chi connectivity index (χ2n) is 7.43. The molecule has 2 rings (SSSR count). The number of rotatable bonds is 1. The molecule has 5 heteroatoms. The van der Waals surface area contributed by atoms with E-state index in [9.17, 15) is 13.0 Å². The SMILES string of the molecule is O=S(=O)([O-])C1CCCCCCCCCCCOC12CCCCC2. The highest BCUT2D eigenvalue weighted by Crippen LogP contribution is 2.39. The third kappa shape index (κ3) is 6.02. The molecule has 0 amide bonds. The molecule has 1 heterocycles. The van der Waals surface area contributed by atoms with Crippen molar-refractivity contribution >= 4 is 10.1 Å². The van der Waals surface area contributed by atoms with Gasteiger partial charge < -0.3 is 9.29 Å². The zero-order chi connectivity index (χ0) is 16.6. The first-order chi connectivity index (χ1) is 11.0. The summed E-state index contributed by atoms with van der Waals surface area (Å²) >= 11 is 0. The lowest BCUT2D eigenvalue weighted by atomic mass is 9.80. The molecule has 23 heavy (non-hydrogen) atoms. The fourth-order valence-corrected chi connectivity index (χ4v) is 5.61. The molecule has 1 aliphatic heterocycles. The van der Waals surface area contributed by atoms with E-state index in [0.717, 1.165) is 64.2 Å². The summed E-state index contributed by atoms with van der Waals surface area (Å²) in [6.45, 7) is 0.603. The molecule has 1 atom stereocenters. The van der Waals surface area contributed by atoms with Crippen molar-refractivity contribution < 1.29 is 17.7 Å². The Bertz CT molecular complexity index is 426. The zero-order valence-corrected chi connectivity index (χ0v) is 15.2. The van der Waals surface area contributed by atoms with Crippen molar-refractivity contribution in [2.75, 3.05) is 6.61 Å². The second kappa shape index (κ2) is 9.38. The van der Waals surface area contributed by atoms with Gasteiger partial charge in [-0.3, -0.25) is 0 Å². The van der Waals surface area contributed by atoms with E-state index in [1.54, 1.807) is 0 Å². The Hall–Kier alpha value is -0.130. The Morgan fingerprint density at radius 2 is 1.22 bits per heavy atom. The molecule has 1 saturated heterocycles. The predicted molar refractivity (Wildman–Crippen MR) is 91.4 cm³/mol. The average molecular weight is 346 g/mol. The molecule has 2 fully saturated rings. The molecule has 0 aromatic rings. The first-order valence-electron chi connectivity index (χ1n) is 9.63. The number of ether oxygens (including phenoxy) is 1. The third-order valence-electron chi connectivity index (χ3n) is 5.64. The molecule has 1 saturated carbocycles. The van der Waals surface area contributed by atoms with Gasteiger partial charge >= 0.3 is 0 Å². The van der Waals surface area contributed by atoms with Crippen molar-refractivity contribution in [2.45, 2.75) is 107 Å². The Morgan fingerprint density at radius 1 is 0.739 bits per heavy atom. The van der Waals surface area contributed by atoms with Gasteiger partial charge in [-0.2, -0.15) is 0 Å². The molecule has 0 aromatic carbocycles. The van der Waals surface area contributed by atoms with Crippen molar-refractivity contribution in [3.63, 3.8) is 0 Å². The average Bonchev–Trinajstić information content (AvgIpc) is 2.51. The van der Waals surface area contributed by atoms with Crippen molar-refractivity contribution in [3.05, 3.63) is 0 Å². The normalized spacial score (nSPS) is 29.0. The van der Waals surface area contributed by atoms with E-state index in [4.69, 9.17) is 4.74 Å². The number of hydrogen-bond acceptors (Lipinski definition) is 4. The van der Waals surface area contributed by atoms with Crippen LogP contribution in [0.1, 0.15) is 96.3 Å².